The standard InChI is InChI=1S/C14H13NO/c1-15-10-4-6-13(15)9-8-12-5-3-7-14(11-12)16-2/h3-7,10-11H,1-2H3. The monoisotopic (exact) mass is 211 g/mol. The summed E-state index contributed by atoms with van der Waals surface area (Å²) in [6, 6.07) is 11.7. The van der Waals surface area contributed by atoms with Crippen LogP contribution in [0.3, 0.4) is 0 Å². The number of aromatic nitrogens is 1. The Balaban J connectivity index is 2.27. The van der Waals surface area contributed by atoms with Gasteiger partial charge in [0.15, 0.2) is 0 Å². The molecule has 2 aromatic rings. The first-order chi connectivity index (χ1) is 7.79. The fourth-order valence-electron chi connectivity index (χ4n) is 1.43. The van der Waals surface area contributed by atoms with Crippen LogP contribution in [-0.4, -0.2) is 11.7 Å². The Morgan fingerprint density at radius 1 is 1.12 bits per heavy atom. The van der Waals surface area contributed by atoms with Gasteiger partial charge in [-0.2, -0.15) is 0 Å². The van der Waals surface area contributed by atoms with E-state index in [0.29, 0.717) is 0 Å². The summed E-state index contributed by atoms with van der Waals surface area (Å²) in [5.41, 5.74) is 1.96. The lowest BCUT2D eigenvalue weighted by atomic mass is 10.2. The number of rotatable bonds is 1. The van der Waals surface area contributed by atoms with E-state index >= 15 is 0 Å². The molecule has 0 saturated heterocycles. The molecule has 1 heterocycles. The normalized spacial score (nSPS) is 9.38. The number of ether oxygens (including phenoxy) is 1. The van der Waals surface area contributed by atoms with Crippen molar-refractivity contribution in [3.8, 4) is 17.6 Å². The molecule has 1 aromatic heterocycles. The molecule has 0 spiro atoms. The van der Waals surface area contributed by atoms with Crippen LogP contribution in [0.25, 0.3) is 0 Å². The predicted octanol–water partition coefficient (Wildman–Crippen LogP) is 2.43. The summed E-state index contributed by atoms with van der Waals surface area (Å²) >= 11 is 0. The molecular weight excluding hydrogens is 198 g/mol. The summed E-state index contributed by atoms with van der Waals surface area (Å²) in [5, 5.41) is 0. The van der Waals surface area contributed by atoms with Crippen LogP contribution in [0, 0.1) is 11.8 Å². The van der Waals surface area contributed by atoms with Gasteiger partial charge in [0.25, 0.3) is 0 Å². The Kier molecular flexibility index (Phi) is 2.98. The summed E-state index contributed by atoms with van der Waals surface area (Å²) < 4.78 is 7.14. The van der Waals surface area contributed by atoms with E-state index in [0.717, 1.165) is 17.0 Å². The van der Waals surface area contributed by atoms with Crippen molar-refractivity contribution in [1.82, 2.24) is 4.57 Å². The molecule has 0 unspecified atom stereocenters. The van der Waals surface area contributed by atoms with Gasteiger partial charge in [-0.3, -0.25) is 0 Å². The summed E-state index contributed by atoms with van der Waals surface area (Å²) in [7, 11) is 3.64. The topological polar surface area (TPSA) is 14.2 Å². The van der Waals surface area contributed by atoms with Gasteiger partial charge in [0.1, 0.15) is 5.75 Å². The average molecular weight is 211 g/mol. The molecule has 2 rings (SSSR count). The van der Waals surface area contributed by atoms with Crippen LogP contribution in [0.15, 0.2) is 42.6 Å². The molecule has 1 aromatic carbocycles. The van der Waals surface area contributed by atoms with Crippen LogP contribution in [-0.2, 0) is 7.05 Å². The van der Waals surface area contributed by atoms with Crippen LogP contribution in [0.4, 0.5) is 0 Å². The van der Waals surface area contributed by atoms with Crippen LogP contribution >= 0.6 is 0 Å². The Morgan fingerprint density at radius 2 is 2.00 bits per heavy atom. The Labute approximate surface area is 95.5 Å². The second kappa shape index (κ2) is 4.59. The van der Waals surface area contributed by atoms with E-state index in [4.69, 9.17) is 4.74 Å². The Hall–Kier alpha value is -2.14. The largest absolute Gasteiger partial charge is 0.497 e. The third kappa shape index (κ3) is 2.26. The number of hydrogen-bond acceptors (Lipinski definition) is 1. The molecule has 0 saturated carbocycles. The van der Waals surface area contributed by atoms with Crippen molar-refractivity contribution in [2.45, 2.75) is 0 Å². The molecule has 0 atom stereocenters. The number of methoxy groups -OCH3 is 1. The van der Waals surface area contributed by atoms with E-state index in [-0.39, 0.29) is 0 Å². The second-order valence-corrected chi connectivity index (χ2v) is 3.49. The van der Waals surface area contributed by atoms with Gasteiger partial charge in [0.2, 0.25) is 0 Å². The van der Waals surface area contributed by atoms with Crippen molar-refractivity contribution in [3.05, 3.63) is 53.9 Å². The highest BCUT2D eigenvalue weighted by Gasteiger charge is 1.93. The van der Waals surface area contributed by atoms with Crippen molar-refractivity contribution >= 4 is 0 Å². The first kappa shape index (κ1) is 10.4. The van der Waals surface area contributed by atoms with E-state index in [1.165, 1.54) is 0 Å². The van der Waals surface area contributed by atoms with Crippen molar-refractivity contribution in [1.29, 1.82) is 0 Å². The molecule has 80 valence electrons. The lowest BCUT2D eigenvalue weighted by Gasteiger charge is -1.98. The first-order valence-corrected chi connectivity index (χ1v) is 5.07. The van der Waals surface area contributed by atoms with Gasteiger partial charge in [0, 0.05) is 18.8 Å². The van der Waals surface area contributed by atoms with Gasteiger partial charge in [-0.15, -0.1) is 0 Å². The zero-order valence-corrected chi connectivity index (χ0v) is 9.40. The summed E-state index contributed by atoms with van der Waals surface area (Å²) in [6.07, 6.45) is 1.98. The fraction of sp³-hybridized carbons (Fsp3) is 0.143. The highest BCUT2D eigenvalue weighted by molar-refractivity contribution is 5.43. The molecule has 0 amide bonds. The molecule has 0 radical (unpaired) electrons. The molecular formula is C14H13NO. The number of benzene rings is 1. The lowest BCUT2D eigenvalue weighted by Crippen LogP contribution is -1.88. The van der Waals surface area contributed by atoms with E-state index in [2.05, 4.69) is 11.8 Å². The second-order valence-electron chi connectivity index (χ2n) is 3.49. The van der Waals surface area contributed by atoms with E-state index in [9.17, 15) is 0 Å². The molecule has 0 bridgehead atoms. The van der Waals surface area contributed by atoms with Crippen molar-refractivity contribution in [3.63, 3.8) is 0 Å². The van der Waals surface area contributed by atoms with Crippen LogP contribution in [0.5, 0.6) is 5.75 Å². The molecule has 0 fully saturated rings. The van der Waals surface area contributed by atoms with Gasteiger partial charge in [-0.1, -0.05) is 12.0 Å². The maximum absolute atomic E-state index is 5.14. The van der Waals surface area contributed by atoms with Crippen LogP contribution in [0.2, 0.25) is 0 Å². The zero-order valence-electron chi connectivity index (χ0n) is 9.40. The SMILES string of the molecule is COc1cccc(C#Cc2cccn2C)c1. The average Bonchev–Trinajstić information content (AvgIpc) is 2.72. The van der Waals surface area contributed by atoms with Gasteiger partial charge >= 0.3 is 0 Å². The quantitative estimate of drug-likeness (QED) is 0.661. The van der Waals surface area contributed by atoms with Gasteiger partial charge in [0.05, 0.1) is 12.8 Å². The van der Waals surface area contributed by atoms with Gasteiger partial charge in [-0.25, -0.2) is 0 Å². The van der Waals surface area contributed by atoms with Crippen LogP contribution in [0.1, 0.15) is 11.3 Å². The smallest absolute Gasteiger partial charge is 0.120 e. The molecule has 16 heavy (non-hydrogen) atoms. The van der Waals surface area contributed by atoms with Gasteiger partial charge in [-0.05, 0) is 36.3 Å². The number of nitrogens with zero attached hydrogens (tertiary/aromatic N) is 1. The minimum Gasteiger partial charge on any atom is -0.497 e. The van der Waals surface area contributed by atoms with Crippen molar-refractivity contribution < 1.29 is 4.74 Å². The minimum absolute atomic E-state index is 0.832. The van der Waals surface area contributed by atoms with E-state index in [1.807, 2.05) is 54.2 Å². The van der Waals surface area contributed by atoms with E-state index < -0.39 is 0 Å². The molecule has 2 nitrogen and oxygen atoms in total. The maximum atomic E-state index is 5.14. The molecule has 0 aliphatic carbocycles. The molecule has 0 aliphatic rings. The summed E-state index contributed by atoms with van der Waals surface area (Å²) in [4.78, 5) is 0. The first-order valence-electron chi connectivity index (χ1n) is 5.07. The Morgan fingerprint density at radius 3 is 2.69 bits per heavy atom. The minimum atomic E-state index is 0.832. The molecule has 2 heteroatoms. The van der Waals surface area contributed by atoms with Gasteiger partial charge < -0.3 is 9.30 Å². The maximum Gasteiger partial charge on any atom is 0.120 e. The Bertz CT molecular complexity index is 543. The molecule has 0 aliphatic heterocycles. The fourth-order valence-corrected chi connectivity index (χ4v) is 1.43. The van der Waals surface area contributed by atoms with Crippen LogP contribution < -0.4 is 4.74 Å². The zero-order chi connectivity index (χ0) is 11.4. The highest BCUT2D eigenvalue weighted by Crippen LogP contribution is 2.11. The third-order valence-electron chi connectivity index (χ3n) is 2.35. The third-order valence-corrected chi connectivity index (χ3v) is 2.35. The lowest BCUT2D eigenvalue weighted by molar-refractivity contribution is 0.414. The van der Waals surface area contributed by atoms with E-state index in [1.54, 1.807) is 7.11 Å². The summed E-state index contributed by atoms with van der Waals surface area (Å²) in [5.74, 6) is 7.06. The molecule has 0 N–H and O–H groups in total. The number of hydrogen-bond donors (Lipinski definition) is 0. The predicted molar refractivity (Wildman–Crippen MR) is 64.4 cm³/mol. The van der Waals surface area contributed by atoms with Crippen molar-refractivity contribution in [2.24, 2.45) is 7.05 Å². The summed E-state index contributed by atoms with van der Waals surface area (Å²) in [6.45, 7) is 0. The van der Waals surface area contributed by atoms with Crippen molar-refractivity contribution in [2.75, 3.05) is 7.11 Å². The highest BCUT2D eigenvalue weighted by atomic mass is 16.5. The number of aryl methyl sites for hydroxylation is 1.